The van der Waals surface area contributed by atoms with Gasteiger partial charge in [-0.05, 0) is 12.1 Å². The largest absolute Gasteiger partial charge is 0.340 e. The SMILES string of the molecule is Cc1nc(CCNS(=O)(=O)c2ccccc2NN)no1. The molecule has 0 saturated heterocycles. The van der Waals surface area contributed by atoms with Crippen molar-refractivity contribution < 1.29 is 12.9 Å². The predicted molar refractivity (Wildman–Crippen MR) is 72.2 cm³/mol. The van der Waals surface area contributed by atoms with E-state index in [0.29, 0.717) is 23.8 Å². The maximum Gasteiger partial charge on any atom is 0.242 e. The van der Waals surface area contributed by atoms with Crippen LogP contribution in [0.2, 0.25) is 0 Å². The molecule has 1 aromatic carbocycles. The zero-order valence-corrected chi connectivity index (χ0v) is 11.6. The zero-order chi connectivity index (χ0) is 14.6. The number of aromatic nitrogens is 2. The van der Waals surface area contributed by atoms with Crippen molar-refractivity contribution in [3.05, 3.63) is 36.0 Å². The molecule has 0 amide bonds. The van der Waals surface area contributed by atoms with Crippen LogP contribution in [0.4, 0.5) is 5.69 Å². The molecule has 8 nitrogen and oxygen atoms in total. The van der Waals surface area contributed by atoms with E-state index in [1.165, 1.54) is 6.07 Å². The average molecular weight is 297 g/mol. The Hall–Kier alpha value is -1.97. The number of anilines is 1. The third-order valence-electron chi connectivity index (χ3n) is 2.54. The molecular weight excluding hydrogens is 282 g/mol. The van der Waals surface area contributed by atoms with E-state index in [0.717, 1.165) is 0 Å². The van der Waals surface area contributed by atoms with Crippen LogP contribution in [-0.4, -0.2) is 25.1 Å². The fourth-order valence-electron chi connectivity index (χ4n) is 1.64. The van der Waals surface area contributed by atoms with Crippen LogP contribution in [-0.2, 0) is 16.4 Å². The quantitative estimate of drug-likeness (QED) is 0.513. The summed E-state index contributed by atoms with van der Waals surface area (Å²) in [6, 6.07) is 6.36. The van der Waals surface area contributed by atoms with Crippen molar-refractivity contribution in [1.82, 2.24) is 14.9 Å². The molecule has 108 valence electrons. The van der Waals surface area contributed by atoms with Crippen LogP contribution in [0.1, 0.15) is 11.7 Å². The molecule has 2 rings (SSSR count). The first-order chi connectivity index (χ1) is 9.53. The molecule has 4 N–H and O–H groups in total. The lowest BCUT2D eigenvalue weighted by atomic mass is 10.3. The van der Waals surface area contributed by atoms with Crippen molar-refractivity contribution in [2.24, 2.45) is 5.84 Å². The summed E-state index contributed by atoms with van der Waals surface area (Å²) >= 11 is 0. The summed E-state index contributed by atoms with van der Waals surface area (Å²) in [6.45, 7) is 1.84. The molecule has 0 fully saturated rings. The number of hydrogen-bond acceptors (Lipinski definition) is 7. The van der Waals surface area contributed by atoms with Gasteiger partial charge < -0.3 is 9.95 Å². The normalized spacial score (nSPS) is 11.5. The van der Waals surface area contributed by atoms with Gasteiger partial charge in [0.05, 0.1) is 5.69 Å². The zero-order valence-electron chi connectivity index (χ0n) is 10.8. The summed E-state index contributed by atoms with van der Waals surface area (Å²) in [5.41, 5.74) is 2.68. The Balaban J connectivity index is 2.04. The maximum absolute atomic E-state index is 12.1. The van der Waals surface area contributed by atoms with Crippen molar-refractivity contribution in [3.8, 4) is 0 Å². The van der Waals surface area contributed by atoms with Crippen molar-refractivity contribution in [2.45, 2.75) is 18.2 Å². The second kappa shape index (κ2) is 5.99. The molecule has 0 saturated carbocycles. The number of rotatable bonds is 6. The number of sulfonamides is 1. The summed E-state index contributed by atoms with van der Waals surface area (Å²) in [6.07, 6.45) is 0.342. The molecule has 0 aliphatic carbocycles. The molecule has 0 radical (unpaired) electrons. The van der Waals surface area contributed by atoms with Crippen LogP contribution >= 0.6 is 0 Å². The lowest BCUT2D eigenvalue weighted by molar-refractivity contribution is 0.387. The fraction of sp³-hybridized carbons (Fsp3) is 0.273. The van der Waals surface area contributed by atoms with Gasteiger partial charge in [0.15, 0.2) is 5.82 Å². The highest BCUT2D eigenvalue weighted by molar-refractivity contribution is 7.89. The number of nitrogens with one attached hydrogen (secondary N) is 2. The minimum Gasteiger partial charge on any atom is -0.340 e. The summed E-state index contributed by atoms with van der Waals surface area (Å²) in [7, 11) is -3.65. The lowest BCUT2D eigenvalue weighted by Crippen LogP contribution is -2.27. The van der Waals surface area contributed by atoms with E-state index in [2.05, 4.69) is 20.3 Å². The molecular formula is C11H15N5O3S. The third kappa shape index (κ3) is 3.32. The Bertz CT molecular complexity index is 683. The van der Waals surface area contributed by atoms with Crippen LogP contribution in [0.3, 0.4) is 0 Å². The molecule has 2 aromatic rings. The van der Waals surface area contributed by atoms with Crippen molar-refractivity contribution in [1.29, 1.82) is 0 Å². The first kappa shape index (κ1) is 14.4. The summed E-state index contributed by atoms with van der Waals surface area (Å²) in [4.78, 5) is 4.08. The van der Waals surface area contributed by atoms with Gasteiger partial charge in [-0.2, -0.15) is 4.98 Å². The van der Waals surface area contributed by atoms with E-state index in [-0.39, 0.29) is 11.4 Å². The van der Waals surface area contributed by atoms with Crippen LogP contribution in [0.5, 0.6) is 0 Å². The van der Waals surface area contributed by atoms with Gasteiger partial charge in [0.2, 0.25) is 15.9 Å². The molecule has 0 spiro atoms. The second-order valence-electron chi connectivity index (χ2n) is 4.02. The van der Waals surface area contributed by atoms with Crippen LogP contribution < -0.4 is 16.0 Å². The predicted octanol–water partition coefficient (Wildman–Crippen LogP) is 0.185. The highest BCUT2D eigenvalue weighted by Crippen LogP contribution is 2.19. The number of aryl methyl sites for hydroxylation is 1. The molecule has 1 aromatic heterocycles. The molecule has 20 heavy (non-hydrogen) atoms. The minimum atomic E-state index is -3.65. The van der Waals surface area contributed by atoms with Crippen LogP contribution in [0, 0.1) is 6.92 Å². The standard InChI is InChI=1S/C11H15N5O3S/c1-8-14-11(16-19-8)6-7-13-20(17,18)10-5-3-2-4-9(10)15-12/h2-5,13,15H,6-7,12H2,1H3. The Morgan fingerprint density at radius 2 is 2.10 bits per heavy atom. The smallest absolute Gasteiger partial charge is 0.242 e. The van der Waals surface area contributed by atoms with Gasteiger partial charge in [-0.15, -0.1) is 0 Å². The van der Waals surface area contributed by atoms with Gasteiger partial charge in [-0.25, -0.2) is 13.1 Å². The van der Waals surface area contributed by atoms with E-state index in [1.54, 1.807) is 25.1 Å². The first-order valence-electron chi connectivity index (χ1n) is 5.87. The van der Waals surface area contributed by atoms with Gasteiger partial charge in [0.25, 0.3) is 0 Å². The maximum atomic E-state index is 12.1. The van der Waals surface area contributed by atoms with E-state index in [9.17, 15) is 8.42 Å². The summed E-state index contributed by atoms with van der Waals surface area (Å²) < 4.78 is 31.5. The number of hydrogen-bond donors (Lipinski definition) is 3. The number of nitrogen functional groups attached to an aromatic ring is 1. The van der Waals surface area contributed by atoms with E-state index in [4.69, 9.17) is 10.4 Å². The monoisotopic (exact) mass is 297 g/mol. The summed E-state index contributed by atoms with van der Waals surface area (Å²) in [5, 5.41) is 3.69. The molecule has 0 unspecified atom stereocenters. The van der Waals surface area contributed by atoms with Crippen molar-refractivity contribution in [2.75, 3.05) is 12.0 Å². The molecule has 9 heteroatoms. The topological polar surface area (TPSA) is 123 Å². The molecule has 0 aliphatic rings. The Kier molecular flexibility index (Phi) is 4.32. The third-order valence-corrected chi connectivity index (χ3v) is 4.06. The Morgan fingerprint density at radius 3 is 2.75 bits per heavy atom. The Labute approximate surface area is 116 Å². The van der Waals surface area contributed by atoms with Gasteiger partial charge in [-0.1, -0.05) is 17.3 Å². The van der Waals surface area contributed by atoms with Crippen LogP contribution in [0.25, 0.3) is 0 Å². The van der Waals surface area contributed by atoms with E-state index in [1.807, 2.05) is 0 Å². The number of nitrogens with two attached hydrogens (primary N) is 1. The van der Waals surface area contributed by atoms with Crippen LogP contribution in [0.15, 0.2) is 33.7 Å². The highest BCUT2D eigenvalue weighted by atomic mass is 32.2. The number of hydrazine groups is 1. The van der Waals surface area contributed by atoms with Gasteiger partial charge in [0.1, 0.15) is 4.90 Å². The molecule has 0 atom stereocenters. The van der Waals surface area contributed by atoms with Gasteiger partial charge in [0, 0.05) is 19.9 Å². The molecule has 0 bridgehead atoms. The first-order valence-corrected chi connectivity index (χ1v) is 7.36. The minimum absolute atomic E-state index is 0.0896. The number of benzene rings is 1. The van der Waals surface area contributed by atoms with Crippen molar-refractivity contribution in [3.63, 3.8) is 0 Å². The van der Waals surface area contributed by atoms with Crippen molar-refractivity contribution >= 4 is 15.7 Å². The van der Waals surface area contributed by atoms with Gasteiger partial charge >= 0.3 is 0 Å². The highest BCUT2D eigenvalue weighted by Gasteiger charge is 2.17. The number of para-hydroxylation sites is 1. The molecule has 0 aliphatic heterocycles. The fourth-order valence-corrected chi connectivity index (χ4v) is 2.84. The second-order valence-corrected chi connectivity index (χ2v) is 5.75. The molecule has 1 heterocycles. The van der Waals surface area contributed by atoms with E-state index < -0.39 is 10.0 Å². The Morgan fingerprint density at radius 1 is 1.35 bits per heavy atom. The summed E-state index contributed by atoms with van der Waals surface area (Å²) in [5.74, 6) is 6.19. The number of nitrogens with zero attached hydrogens (tertiary/aromatic N) is 2. The lowest BCUT2D eigenvalue weighted by Gasteiger charge is -2.10. The van der Waals surface area contributed by atoms with Gasteiger partial charge in [-0.3, -0.25) is 5.84 Å². The average Bonchev–Trinajstić information content (AvgIpc) is 2.84. The van der Waals surface area contributed by atoms with E-state index >= 15 is 0 Å².